The molecule has 0 fully saturated rings. The fourth-order valence-corrected chi connectivity index (χ4v) is 11.6. The average molecular weight is 1450 g/mol. The zero-order valence-corrected chi connectivity index (χ0v) is 64.4. The average Bonchev–Trinajstić information content (AvgIpc) is 0.953. The number of hydrogen-bond acceptors (Lipinski definition) is 15. The van der Waals surface area contributed by atoms with Gasteiger partial charge in [0.25, 0.3) is 0 Å². The van der Waals surface area contributed by atoms with Crippen LogP contribution in [0.25, 0.3) is 0 Å². The highest BCUT2D eigenvalue weighted by atomic mass is 31.2. The van der Waals surface area contributed by atoms with Crippen LogP contribution in [0.4, 0.5) is 0 Å². The first-order chi connectivity index (χ1) is 48.7. The molecule has 0 saturated carbocycles. The van der Waals surface area contributed by atoms with E-state index in [1.807, 2.05) is 18.2 Å². The number of allylic oxidation sites excluding steroid dienone is 20. The molecule has 0 aliphatic heterocycles. The minimum atomic E-state index is -4.99. The molecule has 0 aromatic rings. The monoisotopic (exact) mass is 1440 g/mol. The number of hydrogen-bond donors (Lipinski definition) is 3. The predicted octanol–water partition coefficient (Wildman–Crippen LogP) is 22.3. The summed E-state index contributed by atoms with van der Waals surface area (Å²) < 4.78 is 68.4. The van der Waals surface area contributed by atoms with Gasteiger partial charge in [0.2, 0.25) is 0 Å². The molecule has 0 aromatic carbocycles. The number of esters is 4. The maximum atomic E-state index is 13.1. The van der Waals surface area contributed by atoms with Crippen LogP contribution in [-0.2, 0) is 65.4 Å². The Hall–Kier alpha value is -4.54. The van der Waals surface area contributed by atoms with Gasteiger partial charge < -0.3 is 33.8 Å². The van der Waals surface area contributed by atoms with Crippen LogP contribution in [0.5, 0.6) is 0 Å². The predicted molar refractivity (Wildman–Crippen MR) is 408 cm³/mol. The highest BCUT2D eigenvalue weighted by molar-refractivity contribution is 7.47. The second-order valence-corrected chi connectivity index (χ2v) is 28.4. The summed E-state index contributed by atoms with van der Waals surface area (Å²) in [6.45, 7) is 4.51. The summed E-state index contributed by atoms with van der Waals surface area (Å²) in [5.74, 6) is -2.29. The van der Waals surface area contributed by atoms with Gasteiger partial charge >= 0.3 is 39.5 Å². The summed E-state index contributed by atoms with van der Waals surface area (Å²) >= 11 is 0. The van der Waals surface area contributed by atoms with Crippen molar-refractivity contribution >= 4 is 39.5 Å². The molecular weight excluding hydrogens is 1310 g/mol. The van der Waals surface area contributed by atoms with Gasteiger partial charge in [-0.3, -0.25) is 37.3 Å². The van der Waals surface area contributed by atoms with Crippen LogP contribution in [-0.4, -0.2) is 96.7 Å². The van der Waals surface area contributed by atoms with E-state index in [0.717, 1.165) is 148 Å². The Morgan fingerprint density at radius 2 is 0.550 bits per heavy atom. The Labute approximate surface area is 606 Å². The van der Waals surface area contributed by atoms with Crippen LogP contribution >= 0.6 is 15.6 Å². The number of ether oxygens (including phenoxy) is 4. The number of rotatable bonds is 72. The van der Waals surface area contributed by atoms with Crippen LogP contribution < -0.4 is 0 Å². The van der Waals surface area contributed by atoms with Gasteiger partial charge in [0.05, 0.1) is 26.4 Å². The molecule has 3 N–H and O–H groups in total. The maximum Gasteiger partial charge on any atom is 0.472 e. The molecular formula is C81H138O17P2. The molecule has 17 nitrogen and oxygen atoms in total. The first-order valence-electron chi connectivity index (χ1n) is 38.8. The van der Waals surface area contributed by atoms with Gasteiger partial charge in [-0.25, -0.2) is 9.13 Å². The second-order valence-electron chi connectivity index (χ2n) is 25.5. The summed E-state index contributed by atoms with van der Waals surface area (Å²) in [5.41, 5.74) is 0. The van der Waals surface area contributed by atoms with Crippen molar-refractivity contribution in [3.63, 3.8) is 0 Å². The third-order valence-corrected chi connectivity index (χ3v) is 17.8. The van der Waals surface area contributed by atoms with Crippen LogP contribution in [0.2, 0.25) is 0 Å². The minimum absolute atomic E-state index is 0.0329. The standard InChI is InChI=1S/C81H138O17P2/c1-5-9-13-17-21-25-29-32-35-36-37-38-41-43-47-50-54-58-62-66-79(84)91-71-76(97-80(85)67-63-59-55-51-45-28-24-20-16-12-8-4)73-95-99(87,88)93-69-75(82)70-94-100(89,90)96-74-77(98-81(86)68-64-60-56-52-48-44-40-34-31-27-23-19-15-11-7-3)72-92-78(83)65-61-57-53-49-46-42-39-33-30-26-22-18-14-10-6-2/h9-10,13-14,20-22,24-26,32-33,35,37-39,43,47,54,58,75-77,82H,5-8,11-12,15-19,23,27-31,34,36,40-42,44-46,48-53,55-57,59-74H2,1-4H3,(H,87,88)(H,89,90)/b13-9-,14-10-,24-20-,25-21-,26-22-,35-32-,38-37-,39-33-,47-43-,58-54-. The van der Waals surface area contributed by atoms with Crippen molar-refractivity contribution in [2.45, 2.75) is 329 Å². The van der Waals surface area contributed by atoms with Gasteiger partial charge in [-0.2, -0.15) is 0 Å². The van der Waals surface area contributed by atoms with E-state index in [-0.39, 0.29) is 25.7 Å². The number of unbranched alkanes of at least 4 members (excludes halogenated alkanes) is 26. The van der Waals surface area contributed by atoms with Crippen molar-refractivity contribution in [2.75, 3.05) is 39.6 Å². The molecule has 0 rings (SSSR count). The van der Waals surface area contributed by atoms with Gasteiger partial charge in [0, 0.05) is 25.7 Å². The molecule has 0 saturated heterocycles. The summed E-state index contributed by atoms with van der Waals surface area (Å²) in [6.07, 6.45) is 79.2. The Bertz CT molecular complexity index is 2370. The first-order valence-corrected chi connectivity index (χ1v) is 41.8. The van der Waals surface area contributed by atoms with Crippen LogP contribution in [0.3, 0.4) is 0 Å². The lowest BCUT2D eigenvalue weighted by molar-refractivity contribution is -0.161. The van der Waals surface area contributed by atoms with Gasteiger partial charge in [-0.1, -0.05) is 290 Å². The molecule has 0 amide bonds. The number of carbonyl (C=O) groups excluding carboxylic acids is 4. The van der Waals surface area contributed by atoms with Crippen LogP contribution in [0, 0.1) is 0 Å². The topological polar surface area (TPSA) is 237 Å². The van der Waals surface area contributed by atoms with Crippen molar-refractivity contribution in [2.24, 2.45) is 0 Å². The Morgan fingerprint density at radius 3 is 0.900 bits per heavy atom. The molecule has 0 spiro atoms. The van der Waals surface area contributed by atoms with E-state index >= 15 is 0 Å². The lowest BCUT2D eigenvalue weighted by atomic mass is 10.0. The van der Waals surface area contributed by atoms with Gasteiger partial charge in [0.15, 0.2) is 12.2 Å². The van der Waals surface area contributed by atoms with E-state index < -0.39 is 97.5 Å². The number of carbonyl (C=O) groups is 4. The minimum Gasteiger partial charge on any atom is -0.462 e. The number of phosphoric acid groups is 2. The molecule has 5 atom stereocenters. The number of phosphoric ester groups is 2. The zero-order chi connectivity index (χ0) is 73.2. The SMILES string of the molecule is CC/C=C\C/C=C\C/C=C\C/C=C\C/C=C\C/C=C\CCC(=O)OCC(COP(=O)(O)OCC(O)COP(=O)(O)OCC(COC(=O)CCCCCCC/C=C\C/C=C\C/C=C\CC)OC(=O)CCCCCCCCCCCCCCCCC)OC(=O)CCCCCCC/C=C\CCCC. The van der Waals surface area contributed by atoms with Crippen LogP contribution in [0.15, 0.2) is 122 Å². The van der Waals surface area contributed by atoms with E-state index in [1.54, 1.807) is 0 Å². The van der Waals surface area contributed by atoms with Gasteiger partial charge in [0.1, 0.15) is 19.3 Å². The molecule has 574 valence electrons. The van der Waals surface area contributed by atoms with Gasteiger partial charge in [-0.05, 0) is 116 Å². The zero-order valence-electron chi connectivity index (χ0n) is 62.6. The van der Waals surface area contributed by atoms with Crippen LogP contribution in [0.1, 0.15) is 310 Å². The highest BCUT2D eigenvalue weighted by Crippen LogP contribution is 2.45. The largest absolute Gasteiger partial charge is 0.472 e. The molecule has 0 bridgehead atoms. The van der Waals surface area contributed by atoms with Crippen molar-refractivity contribution in [1.29, 1.82) is 0 Å². The fourth-order valence-electron chi connectivity index (χ4n) is 10.1. The maximum absolute atomic E-state index is 13.1. The van der Waals surface area contributed by atoms with E-state index in [2.05, 4.69) is 131 Å². The summed E-state index contributed by atoms with van der Waals surface area (Å²) in [7, 11) is -9.97. The summed E-state index contributed by atoms with van der Waals surface area (Å²) in [5, 5.41) is 10.6. The Morgan fingerprint density at radius 1 is 0.290 bits per heavy atom. The number of aliphatic hydroxyl groups is 1. The molecule has 0 aromatic heterocycles. The first kappa shape index (κ1) is 95.5. The van der Waals surface area contributed by atoms with Gasteiger partial charge in [-0.15, -0.1) is 0 Å². The Kier molecular flexibility index (Phi) is 69.5. The molecule has 0 aliphatic carbocycles. The second kappa shape index (κ2) is 72.8. The van der Waals surface area contributed by atoms with E-state index in [0.29, 0.717) is 32.1 Å². The van der Waals surface area contributed by atoms with Crippen molar-refractivity contribution in [3.05, 3.63) is 122 Å². The lowest BCUT2D eigenvalue weighted by Crippen LogP contribution is -2.30. The molecule has 100 heavy (non-hydrogen) atoms. The lowest BCUT2D eigenvalue weighted by Gasteiger charge is -2.21. The fraction of sp³-hybridized carbons (Fsp3) is 0.704. The summed E-state index contributed by atoms with van der Waals surface area (Å²) in [6, 6.07) is 0. The molecule has 5 unspecified atom stereocenters. The van der Waals surface area contributed by atoms with E-state index in [1.165, 1.54) is 77.0 Å². The smallest absolute Gasteiger partial charge is 0.462 e. The van der Waals surface area contributed by atoms with E-state index in [9.17, 15) is 43.2 Å². The summed E-state index contributed by atoms with van der Waals surface area (Å²) in [4.78, 5) is 72.8. The van der Waals surface area contributed by atoms with E-state index in [4.69, 9.17) is 37.0 Å². The molecule has 0 radical (unpaired) electrons. The molecule has 0 heterocycles. The van der Waals surface area contributed by atoms with Crippen molar-refractivity contribution in [3.8, 4) is 0 Å². The number of aliphatic hydroxyl groups excluding tert-OH is 1. The third kappa shape index (κ3) is 71.8. The molecule has 19 heteroatoms. The van der Waals surface area contributed by atoms with Crippen molar-refractivity contribution in [1.82, 2.24) is 0 Å². The quantitative estimate of drug-likeness (QED) is 0.0169. The highest BCUT2D eigenvalue weighted by Gasteiger charge is 2.30. The van der Waals surface area contributed by atoms with Crippen molar-refractivity contribution < 1.29 is 80.2 Å². The normalized spacial score (nSPS) is 14.6. The Balaban J connectivity index is 5.38. The molecule has 0 aliphatic rings. The third-order valence-electron chi connectivity index (χ3n) is 15.9.